The van der Waals surface area contributed by atoms with Crippen LogP contribution in [0.25, 0.3) is 0 Å². The molecule has 0 aliphatic carbocycles. The van der Waals surface area contributed by atoms with Gasteiger partial charge >= 0.3 is 5.97 Å². The Kier molecular flexibility index (Phi) is 19.3. The Morgan fingerprint density at radius 3 is 1.81 bits per heavy atom. The van der Waals surface area contributed by atoms with Gasteiger partial charge in [0.25, 0.3) is 0 Å². The molecule has 5 atom stereocenters. The third-order valence-corrected chi connectivity index (χ3v) is 7.19. The molecule has 0 aromatic heterocycles. The van der Waals surface area contributed by atoms with E-state index in [1.165, 1.54) is 23.6 Å². The van der Waals surface area contributed by atoms with Crippen LogP contribution in [0.15, 0.2) is 34.9 Å². The number of carboxylic acid groups (broad SMARTS) is 1. The molecule has 10 heteroatoms. The van der Waals surface area contributed by atoms with E-state index in [0.29, 0.717) is 13.0 Å². The largest absolute Gasteiger partial charge is 0.480 e. The maximum absolute atomic E-state index is 13.1. The predicted molar refractivity (Wildman–Crippen MR) is 170 cm³/mol. The molecule has 10 nitrogen and oxygen atoms in total. The number of hydrogen-bond acceptors (Lipinski definition) is 6. The minimum absolute atomic E-state index is 0.233. The fraction of sp³-hybridized carbons (Fsp3) is 0.688. The first kappa shape index (κ1) is 39.0. The summed E-state index contributed by atoms with van der Waals surface area (Å²) in [6.45, 7) is 17.9. The normalized spacial score (nSPS) is 15.7. The summed E-state index contributed by atoms with van der Waals surface area (Å²) in [4.78, 5) is 49.9. The average Bonchev–Trinajstić information content (AvgIpc) is 2.91. The van der Waals surface area contributed by atoms with Gasteiger partial charge in [-0.1, -0.05) is 69.1 Å². The molecule has 0 aromatic rings. The second-order valence-corrected chi connectivity index (χ2v) is 11.9. The number of carbonyl (C=O) groups is 4. The third-order valence-electron chi connectivity index (χ3n) is 7.19. The monoisotopic (exact) mass is 591 g/mol. The van der Waals surface area contributed by atoms with E-state index in [9.17, 15) is 19.2 Å². The van der Waals surface area contributed by atoms with Crippen LogP contribution in [-0.4, -0.2) is 66.1 Å². The van der Waals surface area contributed by atoms with E-state index < -0.39 is 47.9 Å². The molecule has 0 aliphatic rings. The standard InChI is InChI=1S/C32H57N5O5/c1-10-24(8)28(31(40)35-25(9)32(41)42)37-30(39)27(21(4)5)36-29(38)26(33)19-34-18-17-23(7)16-12-15-22(6)14-11-13-20(2)3/h13,15,17,21,24-28,34H,10-12,14,16,18-19,33H2,1-9H3,(H,35,40)(H,36,38)(H,37,39)(H,41,42)/b22-15+,23-17+/t24-,25-,26-,27-,28-/m0/s1. The maximum atomic E-state index is 13.1. The maximum Gasteiger partial charge on any atom is 0.325 e. The predicted octanol–water partition coefficient (Wildman–Crippen LogP) is 3.58. The molecular formula is C32H57N5O5. The zero-order valence-corrected chi connectivity index (χ0v) is 27.3. The van der Waals surface area contributed by atoms with Crippen molar-refractivity contribution in [3.8, 4) is 0 Å². The number of amides is 3. The Morgan fingerprint density at radius 1 is 0.762 bits per heavy atom. The van der Waals surface area contributed by atoms with E-state index in [-0.39, 0.29) is 18.4 Å². The van der Waals surface area contributed by atoms with Gasteiger partial charge in [0.15, 0.2) is 0 Å². The van der Waals surface area contributed by atoms with Gasteiger partial charge in [-0.25, -0.2) is 0 Å². The molecule has 0 bridgehead atoms. The topological polar surface area (TPSA) is 163 Å². The molecule has 0 spiro atoms. The highest BCUT2D eigenvalue weighted by molar-refractivity contribution is 5.94. The van der Waals surface area contributed by atoms with Gasteiger partial charge in [0.1, 0.15) is 18.1 Å². The van der Waals surface area contributed by atoms with Crippen LogP contribution in [0.2, 0.25) is 0 Å². The molecule has 3 amide bonds. The van der Waals surface area contributed by atoms with Crippen molar-refractivity contribution in [2.45, 2.75) is 119 Å². The lowest BCUT2D eigenvalue weighted by molar-refractivity contribution is -0.142. The summed E-state index contributed by atoms with van der Waals surface area (Å²) in [5.74, 6) is -3.29. The summed E-state index contributed by atoms with van der Waals surface area (Å²) in [6.07, 6.45) is 11.3. The van der Waals surface area contributed by atoms with Crippen LogP contribution in [0.3, 0.4) is 0 Å². The number of nitrogens with two attached hydrogens (primary N) is 1. The number of rotatable bonds is 20. The number of aliphatic carboxylic acids is 1. The van der Waals surface area contributed by atoms with Crippen LogP contribution in [0, 0.1) is 11.8 Å². The minimum atomic E-state index is -1.17. The van der Waals surface area contributed by atoms with Crippen LogP contribution in [0.1, 0.15) is 94.4 Å². The molecule has 0 saturated carbocycles. The summed E-state index contributed by atoms with van der Waals surface area (Å²) in [5, 5.41) is 20.1. The van der Waals surface area contributed by atoms with Gasteiger partial charge in [-0.2, -0.15) is 0 Å². The number of hydrogen-bond donors (Lipinski definition) is 6. The van der Waals surface area contributed by atoms with Crippen molar-refractivity contribution in [3.05, 3.63) is 34.9 Å². The number of carbonyl (C=O) groups excluding carboxylic acids is 3. The zero-order valence-electron chi connectivity index (χ0n) is 27.3. The Labute approximate surface area is 253 Å². The van der Waals surface area contributed by atoms with Crippen LogP contribution >= 0.6 is 0 Å². The van der Waals surface area contributed by atoms with E-state index in [4.69, 9.17) is 10.8 Å². The highest BCUT2D eigenvalue weighted by atomic mass is 16.4. The molecule has 0 radical (unpaired) electrons. The Balaban J connectivity index is 4.91. The molecule has 7 N–H and O–H groups in total. The first-order chi connectivity index (χ1) is 19.6. The van der Waals surface area contributed by atoms with Crippen molar-refractivity contribution in [3.63, 3.8) is 0 Å². The molecule has 0 aliphatic heterocycles. The lowest BCUT2D eigenvalue weighted by Crippen LogP contribution is -2.60. The minimum Gasteiger partial charge on any atom is -0.480 e. The highest BCUT2D eigenvalue weighted by Gasteiger charge is 2.33. The first-order valence-corrected chi connectivity index (χ1v) is 15.1. The summed E-state index contributed by atoms with van der Waals surface area (Å²) >= 11 is 0. The number of nitrogens with one attached hydrogen (secondary N) is 4. The second-order valence-electron chi connectivity index (χ2n) is 11.9. The van der Waals surface area contributed by atoms with Gasteiger partial charge in [0.05, 0.1) is 6.04 Å². The van der Waals surface area contributed by atoms with Gasteiger partial charge in [0, 0.05) is 13.1 Å². The SMILES string of the molecule is CC[C@H](C)[C@H](NC(=O)[C@@H](NC(=O)[C@@H](N)CNC/C=C(\C)CC/C=C(\C)CCC=C(C)C)C(C)C)C(=O)N[C@@H](C)C(=O)O. The van der Waals surface area contributed by atoms with Crippen LogP contribution < -0.4 is 27.0 Å². The van der Waals surface area contributed by atoms with Crippen LogP contribution in [0.4, 0.5) is 0 Å². The van der Waals surface area contributed by atoms with Gasteiger partial charge < -0.3 is 32.1 Å². The van der Waals surface area contributed by atoms with Crippen molar-refractivity contribution in [1.29, 1.82) is 0 Å². The Morgan fingerprint density at radius 2 is 1.29 bits per heavy atom. The van der Waals surface area contributed by atoms with Gasteiger partial charge in [-0.3, -0.25) is 19.2 Å². The summed E-state index contributed by atoms with van der Waals surface area (Å²) < 4.78 is 0. The summed E-state index contributed by atoms with van der Waals surface area (Å²) in [7, 11) is 0. The van der Waals surface area contributed by atoms with E-state index in [2.05, 4.69) is 67.2 Å². The van der Waals surface area contributed by atoms with Gasteiger partial charge in [0.2, 0.25) is 17.7 Å². The number of allylic oxidation sites excluding steroid dienone is 5. The van der Waals surface area contributed by atoms with E-state index in [1.54, 1.807) is 20.8 Å². The smallest absolute Gasteiger partial charge is 0.325 e. The van der Waals surface area contributed by atoms with Crippen LogP contribution in [-0.2, 0) is 19.2 Å². The molecule has 240 valence electrons. The fourth-order valence-corrected chi connectivity index (χ4v) is 4.02. The molecule has 42 heavy (non-hydrogen) atoms. The Bertz CT molecular complexity index is 968. The Hall–Kier alpha value is -2.98. The highest BCUT2D eigenvalue weighted by Crippen LogP contribution is 2.12. The first-order valence-electron chi connectivity index (χ1n) is 15.1. The molecule has 0 rings (SSSR count). The van der Waals surface area contributed by atoms with Gasteiger partial charge in [-0.15, -0.1) is 0 Å². The van der Waals surface area contributed by atoms with Crippen molar-refractivity contribution >= 4 is 23.7 Å². The average molecular weight is 592 g/mol. The molecular weight excluding hydrogens is 534 g/mol. The second kappa shape index (κ2) is 20.8. The quantitative estimate of drug-likeness (QED) is 0.0931. The number of carboxylic acids is 1. The van der Waals surface area contributed by atoms with Crippen molar-refractivity contribution in [1.82, 2.24) is 21.3 Å². The van der Waals surface area contributed by atoms with Crippen molar-refractivity contribution in [2.24, 2.45) is 17.6 Å². The van der Waals surface area contributed by atoms with E-state index in [1.807, 2.05) is 6.92 Å². The lowest BCUT2D eigenvalue weighted by atomic mass is 9.96. The molecule has 0 aromatic carbocycles. The van der Waals surface area contributed by atoms with Crippen molar-refractivity contribution < 1.29 is 24.3 Å². The van der Waals surface area contributed by atoms with E-state index in [0.717, 1.165) is 25.7 Å². The summed E-state index contributed by atoms with van der Waals surface area (Å²) in [6, 6.07) is -3.84. The fourth-order valence-electron chi connectivity index (χ4n) is 4.02. The molecule has 0 heterocycles. The lowest BCUT2D eigenvalue weighted by Gasteiger charge is -2.29. The molecule has 0 fully saturated rings. The molecule has 0 unspecified atom stereocenters. The van der Waals surface area contributed by atoms with E-state index >= 15 is 0 Å². The van der Waals surface area contributed by atoms with Crippen molar-refractivity contribution in [2.75, 3.05) is 13.1 Å². The third kappa shape index (κ3) is 16.5. The summed E-state index contributed by atoms with van der Waals surface area (Å²) in [5.41, 5.74) is 10.1. The molecule has 0 saturated heterocycles. The van der Waals surface area contributed by atoms with Crippen LogP contribution in [0.5, 0.6) is 0 Å². The van der Waals surface area contributed by atoms with Gasteiger partial charge in [-0.05, 0) is 72.1 Å². The zero-order chi connectivity index (χ0) is 32.4.